The maximum absolute atomic E-state index is 12.4. The number of carbonyl (C=O) groups is 1. The number of anilines is 1. The maximum Gasteiger partial charge on any atom is 0.228 e. The van der Waals surface area contributed by atoms with Gasteiger partial charge in [-0.3, -0.25) is 4.79 Å². The number of amides is 1. The Labute approximate surface area is 121 Å². The number of aromatic nitrogens is 1. The van der Waals surface area contributed by atoms with Crippen molar-refractivity contribution >= 4 is 27.5 Å². The highest BCUT2D eigenvalue weighted by Crippen LogP contribution is 2.69. The van der Waals surface area contributed by atoms with Gasteiger partial charge in [0, 0.05) is 5.92 Å². The van der Waals surface area contributed by atoms with E-state index < -0.39 is 0 Å². The van der Waals surface area contributed by atoms with Crippen molar-refractivity contribution in [3.63, 3.8) is 0 Å². The molecule has 2 bridgehead atoms. The van der Waals surface area contributed by atoms with Crippen LogP contribution in [0.2, 0.25) is 0 Å². The second-order valence-electron chi connectivity index (χ2n) is 6.27. The zero-order valence-electron chi connectivity index (χ0n) is 10.9. The summed E-state index contributed by atoms with van der Waals surface area (Å²) in [4.78, 5) is 16.7. The largest absolute Gasteiger partial charge is 0.324 e. The highest BCUT2D eigenvalue weighted by molar-refractivity contribution is 9.10. The van der Waals surface area contributed by atoms with Crippen molar-refractivity contribution in [3.05, 3.63) is 22.4 Å². The van der Waals surface area contributed by atoms with Gasteiger partial charge in [0.05, 0.1) is 11.4 Å². The summed E-state index contributed by atoms with van der Waals surface area (Å²) < 4.78 is 0.810. The predicted octanol–water partition coefficient (Wildman–Crippen LogP) is 3.38. The molecule has 3 aliphatic carbocycles. The fourth-order valence-electron chi connectivity index (χ4n) is 4.55. The summed E-state index contributed by atoms with van der Waals surface area (Å²) in [6.45, 7) is 1.93. The summed E-state index contributed by atoms with van der Waals surface area (Å²) in [6, 6.07) is 3.80. The molecule has 3 nitrogen and oxygen atoms in total. The zero-order chi connectivity index (χ0) is 13.1. The van der Waals surface area contributed by atoms with E-state index in [0.29, 0.717) is 11.8 Å². The first-order chi connectivity index (χ1) is 9.15. The molecule has 3 saturated carbocycles. The van der Waals surface area contributed by atoms with Crippen molar-refractivity contribution in [2.45, 2.75) is 26.2 Å². The number of hydrogen-bond donors (Lipinski definition) is 1. The summed E-state index contributed by atoms with van der Waals surface area (Å²) in [7, 11) is 0. The van der Waals surface area contributed by atoms with Gasteiger partial charge in [-0.15, -0.1) is 0 Å². The molecule has 1 amide bonds. The second kappa shape index (κ2) is 4.05. The van der Waals surface area contributed by atoms with E-state index in [1.54, 1.807) is 0 Å². The predicted molar refractivity (Wildman–Crippen MR) is 76.6 cm³/mol. The molecule has 0 aromatic carbocycles. The number of nitrogens with zero attached hydrogens (tertiary/aromatic N) is 1. The summed E-state index contributed by atoms with van der Waals surface area (Å²) in [5.74, 6) is 3.59. The van der Waals surface area contributed by atoms with Crippen molar-refractivity contribution in [3.8, 4) is 0 Å². The lowest BCUT2D eigenvalue weighted by Gasteiger charge is -2.11. The first-order valence-corrected chi connectivity index (χ1v) is 7.88. The van der Waals surface area contributed by atoms with Crippen molar-refractivity contribution in [2.75, 3.05) is 5.32 Å². The molecule has 1 aromatic heterocycles. The Bertz CT molecular complexity index is 543. The molecule has 19 heavy (non-hydrogen) atoms. The van der Waals surface area contributed by atoms with Gasteiger partial charge in [-0.2, -0.15) is 0 Å². The van der Waals surface area contributed by atoms with E-state index >= 15 is 0 Å². The molecule has 3 aliphatic rings. The van der Waals surface area contributed by atoms with Crippen LogP contribution in [0.4, 0.5) is 5.69 Å². The van der Waals surface area contributed by atoms with Gasteiger partial charge in [0.15, 0.2) is 0 Å². The topological polar surface area (TPSA) is 42.0 Å². The van der Waals surface area contributed by atoms with Gasteiger partial charge in [-0.05, 0) is 77.9 Å². The normalized spacial score (nSPS) is 38.1. The number of halogens is 1. The monoisotopic (exact) mass is 320 g/mol. The smallest absolute Gasteiger partial charge is 0.228 e. The third-order valence-electron chi connectivity index (χ3n) is 5.35. The molecule has 0 spiro atoms. The number of pyridine rings is 1. The summed E-state index contributed by atoms with van der Waals surface area (Å²) in [5, 5.41) is 3.07. The molecule has 4 atom stereocenters. The van der Waals surface area contributed by atoms with Crippen LogP contribution in [0, 0.1) is 36.5 Å². The molecule has 1 heterocycles. The molecule has 0 radical (unpaired) electrons. The van der Waals surface area contributed by atoms with Crippen LogP contribution in [-0.4, -0.2) is 10.9 Å². The average Bonchev–Trinajstić information content (AvgIpc) is 2.82. The standard InChI is InChI=1S/C15H17BrN2O/c1-7-10(4-5-11(16)17-7)18-15(19)14-12-8-2-3-9(6-8)13(12)14/h4-5,8-9,12-14H,2-3,6H2,1H3,(H,18,19). The quantitative estimate of drug-likeness (QED) is 0.849. The van der Waals surface area contributed by atoms with E-state index in [4.69, 9.17) is 0 Å². The molecule has 4 unspecified atom stereocenters. The summed E-state index contributed by atoms with van der Waals surface area (Å²) in [5.41, 5.74) is 1.72. The minimum Gasteiger partial charge on any atom is -0.324 e. The van der Waals surface area contributed by atoms with Crippen LogP contribution in [0.5, 0.6) is 0 Å². The van der Waals surface area contributed by atoms with Crippen LogP contribution >= 0.6 is 15.9 Å². The van der Waals surface area contributed by atoms with E-state index in [2.05, 4.69) is 26.2 Å². The van der Waals surface area contributed by atoms with Gasteiger partial charge in [0.25, 0.3) is 0 Å². The number of hydrogen-bond acceptors (Lipinski definition) is 2. The van der Waals surface area contributed by atoms with Gasteiger partial charge in [0.2, 0.25) is 5.91 Å². The zero-order valence-corrected chi connectivity index (χ0v) is 12.5. The Morgan fingerprint density at radius 3 is 2.63 bits per heavy atom. The molecular formula is C15H17BrN2O. The van der Waals surface area contributed by atoms with Gasteiger partial charge >= 0.3 is 0 Å². The molecule has 3 fully saturated rings. The lowest BCUT2D eigenvalue weighted by atomic mass is 10.0. The number of nitrogens with one attached hydrogen (secondary N) is 1. The first-order valence-electron chi connectivity index (χ1n) is 7.09. The second-order valence-corrected chi connectivity index (χ2v) is 7.08. The fraction of sp³-hybridized carbons (Fsp3) is 0.600. The minimum atomic E-state index is 0.221. The molecule has 0 aliphatic heterocycles. The van der Waals surface area contributed by atoms with E-state index in [9.17, 15) is 4.79 Å². The highest BCUT2D eigenvalue weighted by atomic mass is 79.9. The molecule has 0 saturated heterocycles. The Morgan fingerprint density at radius 2 is 2.00 bits per heavy atom. The average molecular weight is 321 g/mol. The van der Waals surface area contributed by atoms with Gasteiger partial charge < -0.3 is 5.32 Å². The number of aryl methyl sites for hydroxylation is 1. The SMILES string of the molecule is Cc1nc(Br)ccc1NC(=O)C1C2C3CCC(C3)C12. The maximum atomic E-state index is 12.4. The third-order valence-corrected chi connectivity index (χ3v) is 5.79. The Hall–Kier alpha value is -0.900. The van der Waals surface area contributed by atoms with Crippen molar-refractivity contribution in [1.29, 1.82) is 0 Å². The first kappa shape index (κ1) is 11.9. The van der Waals surface area contributed by atoms with Crippen LogP contribution in [0.3, 0.4) is 0 Å². The summed E-state index contributed by atoms with van der Waals surface area (Å²) in [6.07, 6.45) is 4.10. The molecule has 100 valence electrons. The number of carbonyl (C=O) groups excluding carboxylic acids is 1. The van der Waals surface area contributed by atoms with Gasteiger partial charge in [-0.25, -0.2) is 4.98 Å². The number of rotatable bonds is 2. The van der Waals surface area contributed by atoms with Crippen LogP contribution in [0.25, 0.3) is 0 Å². The molecular weight excluding hydrogens is 304 g/mol. The molecule has 4 rings (SSSR count). The van der Waals surface area contributed by atoms with Crippen molar-refractivity contribution < 1.29 is 4.79 Å². The van der Waals surface area contributed by atoms with Crippen molar-refractivity contribution in [1.82, 2.24) is 4.98 Å². The van der Waals surface area contributed by atoms with Crippen LogP contribution in [-0.2, 0) is 4.79 Å². The highest BCUT2D eigenvalue weighted by Gasteiger charge is 2.67. The van der Waals surface area contributed by atoms with Crippen LogP contribution < -0.4 is 5.32 Å². The lowest BCUT2D eigenvalue weighted by Crippen LogP contribution is -2.19. The van der Waals surface area contributed by atoms with Crippen molar-refractivity contribution in [2.24, 2.45) is 29.6 Å². The lowest BCUT2D eigenvalue weighted by molar-refractivity contribution is -0.118. The Balaban J connectivity index is 1.48. The van der Waals surface area contributed by atoms with E-state index in [-0.39, 0.29) is 11.8 Å². The molecule has 1 aromatic rings. The third kappa shape index (κ3) is 1.76. The molecule has 4 heteroatoms. The Kier molecular flexibility index (Phi) is 2.53. The van der Waals surface area contributed by atoms with E-state index in [1.807, 2.05) is 19.1 Å². The van der Waals surface area contributed by atoms with Gasteiger partial charge in [-0.1, -0.05) is 0 Å². The van der Waals surface area contributed by atoms with Gasteiger partial charge in [0.1, 0.15) is 4.60 Å². The van der Waals surface area contributed by atoms with E-state index in [0.717, 1.165) is 27.8 Å². The minimum absolute atomic E-state index is 0.221. The fourth-order valence-corrected chi connectivity index (χ4v) is 4.95. The summed E-state index contributed by atoms with van der Waals surface area (Å²) >= 11 is 3.34. The van der Waals surface area contributed by atoms with Crippen LogP contribution in [0.1, 0.15) is 25.0 Å². The Morgan fingerprint density at radius 1 is 1.32 bits per heavy atom. The number of fused-ring (bicyclic) bond motifs is 5. The van der Waals surface area contributed by atoms with E-state index in [1.165, 1.54) is 19.3 Å². The van der Waals surface area contributed by atoms with Crippen LogP contribution in [0.15, 0.2) is 16.7 Å². The molecule has 1 N–H and O–H groups in total.